The fourth-order valence-corrected chi connectivity index (χ4v) is 3.14. The second kappa shape index (κ2) is 6.98. The van der Waals surface area contributed by atoms with E-state index in [0.717, 1.165) is 16.3 Å². The molecule has 0 aliphatic carbocycles. The highest BCUT2D eigenvalue weighted by Crippen LogP contribution is 2.23. The van der Waals surface area contributed by atoms with E-state index in [0.29, 0.717) is 28.8 Å². The Morgan fingerprint density at radius 3 is 2.68 bits per heavy atom. The average molecular weight is 358 g/mol. The SMILES string of the molecule is CCc1c(C(=O)Nc2nc(C)c(C)s2)cnn1-c1ccc(OC)nn1. The molecule has 3 rings (SSSR count). The summed E-state index contributed by atoms with van der Waals surface area (Å²) in [6.07, 6.45) is 2.15. The number of nitrogens with one attached hydrogen (secondary N) is 1. The van der Waals surface area contributed by atoms with Gasteiger partial charge in [0.05, 0.1) is 30.3 Å². The smallest absolute Gasteiger partial charge is 0.260 e. The molecule has 0 aliphatic heterocycles. The molecule has 0 spiro atoms. The van der Waals surface area contributed by atoms with Gasteiger partial charge >= 0.3 is 0 Å². The van der Waals surface area contributed by atoms with Crippen molar-refractivity contribution >= 4 is 22.4 Å². The summed E-state index contributed by atoms with van der Waals surface area (Å²) in [7, 11) is 1.53. The van der Waals surface area contributed by atoms with E-state index in [1.165, 1.54) is 24.6 Å². The number of aromatic nitrogens is 5. The minimum absolute atomic E-state index is 0.238. The Morgan fingerprint density at radius 2 is 2.12 bits per heavy atom. The maximum Gasteiger partial charge on any atom is 0.260 e. The van der Waals surface area contributed by atoms with E-state index in [-0.39, 0.29) is 5.91 Å². The van der Waals surface area contributed by atoms with E-state index < -0.39 is 0 Å². The summed E-state index contributed by atoms with van der Waals surface area (Å²) in [5, 5.41) is 15.7. The highest BCUT2D eigenvalue weighted by molar-refractivity contribution is 7.15. The van der Waals surface area contributed by atoms with E-state index in [4.69, 9.17) is 4.74 Å². The summed E-state index contributed by atoms with van der Waals surface area (Å²) in [5.41, 5.74) is 2.16. The standard InChI is InChI=1S/C16H18N6O2S/c1-5-12-11(15(23)19-16-18-9(2)10(3)25-16)8-17-22(12)13-6-7-14(24-4)21-20-13/h6-8H,5H2,1-4H3,(H,18,19,23). The van der Waals surface area contributed by atoms with Gasteiger partial charge in [0.2, 0.25) is 5.88 Å². The first-order valence-corrected chi connectivity index (χ1v) is 8.55. The zero-order chi connectivity index (χ0) is 18.0. The number of hydrogen-bond acceptors (Lipinski definition) is 7. The molecule has 1 N–H and O–H groups in total. The Labute approximate surface area is 148 Å². The first-order valence-electron chi connectivity index (χ1n) is 7.73. The number of nitrogens with zero attached hydrogens (tertiary/aromatic N) is 5. The quantitative estimate of drug-likeness (QED) is 0.753. The fraction of sp³-hybridized carbons (Fsp3) is 0.312. The van der Waals surface area contributed by atoms with Gasteiger partial charge in [-0.1, -0.05) is 6.92 Å². The van der Waals surface area contributed by atoms with Crippen molar-refractivity contribution in [1.29, 1.82) is 0 Å². The highest BCUT2D eigenvalue weighted by Gasteiger charge is 2.19. The summed E-state index contributed by atoms with van der Waals surface area (Å²) < 4.78 is 6.62. The molecule has 0 bridgehead atoms. The van der Waals surface area contributed by atoms with Crippen LogP contribution in [-0.2, 0) is 6.42 Å². The third-order valence-corrected chi connectivity index (χ3v) is 4.74. The minimum atomic E-state index is -0.238. The predicted molar refractivity (Wildman–Crippen MR) is 94.6 cm³/mol. The largest absolute Gasteiger partial charge is 0.480 e. The van der Waals surface area contributed by atoms with Crippen LogP contribution in [0.5, 0.6) is 5.88 Å². The van der Waals surface area contributed by atoms with Crippen molar-refractivity contribution in [3.8, 4) is 11.7 Å². The van der Waals surface area contributed by atoms with Crippen molar-refractivity contribution in [1.82, 2.24) is 25.0 Å². The number of thiazole rings is 1. The van der Waals surface area contributed by atoms with Gasteiger partial charge in [0.1, 0.15) is 0 Å². The number of hydrogen-bond donors (Lipinski definition) is 1. The topological polar surface area (TPSA) is 94.8 Å². The van der Waals surface area contributed by atoms with E-state index in [9.17, 15) is 4.79 Å². The number of carbonyl (C=O) groups is 1. The molecule has 0 aliphatic rings. The number of methoxy groups -OCH3 is 1. The summed E-state index contributed by atoms with van der Waals surface area (Å²) in [5.74, 6) is 0.706. The van der Waals surface area contributed by atoms with Crippen LogP contribution in [-0.4, -0.2) is 38.0 Å². The predicted octanol–water partition coefficient (Wildman–Crippen LogP) is 2.56. The van der Waals surface area contributed by atoms with Crippen LogP contribution < -0.4 is 10.1 Å². The fourth-order valence-electron chi connectivity index (χ4n) is 2.33. The monoisotopic (exact) mass is 358 g/mol. The molecule has 0 fully saturated rings. The van der Waals surface area contributed by atoms with Crippen LogP contribution in [0.15, 0.2) is 18.3 Å². The van der Waals surface area contributed by atoms with E-state index in [1.807, 2.05) is 20.8 Å². The van der Waals surface area contributed by atoms with Crippen LogP contribution in [0.1, 0.15) is 33.5 Å². The molecule has 3 aromatic rings. The number of amides is 1. The van der Waals surface area contributed by atoms with Gasteiger partial charge in [-0.25, -0.2) is 9.67 Å². The van der Waals surface area contributed by atoms with E-state index in [2.05, 4.69) is 25.6 Å². The Morgan fingerprint density at radius 1 is 1.32 bits per heavy atom. The molecule has 0 saturated heterocycles. The zero-order valence-corrected chi connectivity index (χ0v) is 15.2. The maximum atomic E-state index is 12.6. The Hall–Kier alpha value is -2.81. The lowest BCUT2D eigenvalue weighted by Crippen LogP contribution is -2.14. The summed E-state index contributed by atoms with van der Waals surface area (Å²) in [6.45, 7) is 5.85. The number of aryl methyl sites for hydroxylation is 2. The van der Waals surface area contributed by atoms with Gasteiger partial charge in [0.25, 0.3) is 5.91 Å². The van der Waals surface area contributed by atoms with E-state index >= 15 is 0 Å². The lowest BCUT2D eigenvalue weighted by molar-refractivity contribution is 0.102. The molecule has 0 unspecified atom stereocenters. The molecule has 0 radical (unpaired) electrons. The minimum Gasteiger partial charge on any atom is -0.480 e. The summed E-state index contributed by atoms with van der Waals surface area (Å²) in [4.78, 5) is 18.0. The molecule has 25 heavy (non-hydrogen) atoms. The average Bonchev–Trinajstić information content (AvgIpc) is 3.18. The molecular weight excluding hydrogens is 340 g/mol. The zero-order valence-electron chi connectivity index (χ0n) is 14.4. The number of carbonyl (C=O) groups excluding carboxylic acids is 1. The van der Waals surface area contributed by atoms with Crippen LogP contribution >= 0.6 is 11.3 Å². The van der Waals surface area contributed by atoms with Crippen molar-refractivity contribution in [3.05, 3.63) is 40.2 Å². The highest BCUT2D eigenvalue weighted by atomic mass is 32.1. The van der Waals surface area contributed by atoms with Gasteiger partial charge in [-0.2, -0.15) is 5.10 Å². The molecular formula is C16H18N6O2S. The van der Waals surface area contributed by atoms with Crippen LogP contribution in [0.3, 0.4) is 0 Å². The molecule has 0 saturated carbocycles. The second-order valence-corrected chi connectivity index (χ2v) is 6.52. The first kappa shape index (κ1) is 17.0. The van der Waals surface area contributed by atoms with Gasteiger partial charge < -0.3 is 4.74 Å². The molecule has 0 aromatic carbocycles. The van der Waals surface area contributed by atoms with Crippen molar-refractivity contribution < 1.29 is 9.53 Å². The van der Waals surface area contributed by atoms with Gasteiger partial charge in [-0.05, 0) is 26.3 Å². The molecule has 0 atom stereocenters. The molecule has 3 aromatic heterocycles. The first-order chi connectivity index (χ1) is 12.0. The Kier molecular flexibility index (Phi) is 4.75. The third kappa shape index (κ3) is 3.36. The van der Waals surface area contributed by atoms with E-state index in [1.54, 1.807) is 16.8 Å². The lowest BCUT2D eigenvalue weighted by atomic mass is 10.2. The van der Waals surface area contributed by atoms with Crippen LogP contribution in [0, 0.1) is 13.8 Å². The van der Waals surface area contributed by atoms with Crippen molar-refractivity contribution in [2.75, 3.05) is 12.4 Å². The van der Waals surface area contributed by atoms with Gasteiger partial charge in [-0.15, -0.1) is 21.5 Å². The van der Waals surface area contributed by atoms with Crippen molar-refractivity contribution in [2.45, 2.75) is 27.2 Å². The third-order valence-electron chi connectivity index (χ3n) is 3.75. The lowest BCUT2D eigenvalue weighted by Gasteiger charge is -2.07. The molecule has 8 nitrogen and oxygen atoms in total. The Bertz CT molecular complexity index is 880. The van der Waals surface area contributed by atoms with Crippen molar-refractivity contribution in [3.63, 3.8) is 0 Å². The second-order valence-electron chi connectivity index (χ2n) is 5.32. The molecule has 3 heterocycles. The van der Waals surface area contributed by atoms with Gasteiger partial charge in [0.15, 0.2) is 10.9 Å². The Balaban J connectivity index is 1.89. The molecule has 1 amide bonds. The van der Waals surface area contributed by atoms with Crippen LogP contribution in [0.2, 0.25) is 0 Å². The van der Waals surface area contributed by atoms with Crippen LogP contribution in [0.4, 0.5) is 5.13 Å². The molecule has 130 valence electrons. The summed E-state index contributed by atoms with van der Waals surface area (Å²) in [6, 6.07) is 3.44. The number of ether oxygens (including phenoxy) is 1. The van der Waals surface area contributed by atoms with Crippen LogP contribution in [0.25, 0.3) is 5.82 Å². The van der Waals surface area contributed by atoms with Gasteiger partial charge in [0, 0.05) is 10.9 Å². The van der Waals surface area contributed by atoms with Crippen molar-refractivity contribution in [2.24, 2.45) is 0 Å². The normalized spacial score (nSPS) is 10.7. The number of rotatable bonds is 5. The van der Waals surface area contributed by atoms with Gasteiger partial charge in [-0.3, -0.25) is 10.1 Å². The molecule has 9 heteroatoms. The summed E-state index contributed by atoms with van der Waals surface area (Å²) >= 11 is 1.45. The number of anilines is 1. The maximum absolute atomic E-state index is 12.6.